The number of pyridine rings is 1. The zero-order valence-electron chi connectivity index (χ0n) is 22.3. The summed E-state index contributed by atoms with van der Waals surface area (Å²) in [6, 6.07) is 8.37. The minimum absolute atomic E-state index is 0.0241. The molecule has 0 spiro atoms. The number of morpholine rings is 1. The molecule has 0 saturated carbocycles. The maximum absolute atomic E-state index is 13.6. The summed E-state index contributed by atoms with van der Waals surface area (Å²) in [4.78, 5) is 22.8. The Morgan fingerprint density at radius 2 is 1.85 bits per heavy atom. The predicted octanol–water partition coefficient (Wildman–Crippen LogP) is 3.43. The van der Waals surface area contributed by atoms with Crippen LogP contribution in [0.25, 0.3) is 5.57 Å². The van der Waals surface area contributed by atoms with Crippen LogP contribution in [0.15, 0.2) is 24.3 Å². The van der Waals surface area contributed by atoms with Crippen molar-refractivity contribution in [2.24, 2.45) is 0 Å². The van der Waals surface area contributed by atoms with E-state index in [2.05, 4.69) is 21.6 Å². The first-order valence-corrected chi connectivity index (χ1v) is 13.9. The van der Waals surface area contributed by atoms with Crippen LogP contribution in [-0.4, -0.2) is 85.9 Å². The second-order valence-electron chi connectivity index (χ2n) is 10.2. The number of nitriles is 1. The van der Waals surface area contributed by atoms with Crippen molar-refractivity contribution in [3.8, 4) is 17.6 Å². The lowest BCUT2D eigenvalue weighted by Crippen LogP contribution is -2.50. The average Bonchev–Trinajstić information content (AvgIpc) is 3.41. The molecule has 0 radical (unpaired) electrons. The van der Waals surface area contributed by atoms with E-state index in [1.54, 1.807) is 0 Å². The van der Waals surface area contributed by atoms with Gasteiger partial charge >= 0.3 is 0 Å². The van der Waals surface area contributed by atoms with E-state index in [-0.39, 0.29) is 5.91 Å². The number of nitrogens with zero attached hydrogens (tertiary/aromatic N) is 4. The Hall–Kier alpha value is -3.81. The van der Waals surface area contributed by atoms with Gasteiger partial charge in [-0.05, 0) is 31.9 Å². The average molecular weight is 531 g/mol. The zero-order chi connectivity index (χ0) is 26.8. The number of hydrogen-bond donors (Lipinski definition) is 2. The van der Waals surface area contributed by atoms with Crippen LogP contribution in [0.5, 0.6) is 11.5 Å². The van der Waals surface area contributed by atoms with Gasteiger partial charge in [0.25, 0.3) is 5.91 Å². The molecule has 10 nitrogen and oxygen atoms in total. The fourth-order valence-corrected chi connectivity index (χ4v) is 5.93. The number of carbonyl (C=O) groups excluding carboxylic acids is 1. The Kier molecular flexibility index (Phi) is 7.26. The minimum atomic E-state index is -0.0241. The van der Waals surface area contributed by atoms with Gasteiger partial charge in [-0.15, -0.1) is 0 Å². The number of benzene rings is 1. The van der Waals surface area contributed by atoms with Gasteiger partial charge in [0.1, 0.15) is 19.0 Å². The number of amides is 1. The molecule has 0 atom stereocenters. The van der Waals surface area contributed by atoms with Gasteiger partial charge in [-0.25, -0.2) is 4.98 Å². The Morgan fingerprint density at radius 1 is 1.08 bits per heavy atom. The largest absolute Gasteiger partial charge is 0.485 e. The van der Waals surface area contributed by atoms with E-state index in [0.29, 0.717) is 59.8 Å². The topological polar surface area (TPSA) is 112 Å². The summed E-state index contributed by atoms with van der Waals surface area (Å²) in [6.07, 6.45) is 4.45. The Morgan fingerprint density at radius 3 is 2.59 bits per heavy atom. The van der Waals surface area contributed by atoms with Crippen molar-refractivity contribution < 1.29 is 19.0 Å². The molecule has 10 heteroatoms. The molecule has 204 valence electrons. The smallest absolute Gasteiger partial charge is 0.257 e. The monoisotopic (exact) mass is 530 g/mol. The van der Waals surface area contributed by atoms with Crippen molar-refractivity contribution in [1.29, 1.82) is 5.26 Å². The van der Waals surface area contributed by atoms with Gasteiger partial charge < -0.3 is 29.7 Å². The molecule has 2 N–H and O–H groups in total. The highest BCUT2D eigenvalue weighted by Crippen LogP contribution is 2.43. The molecule has 4 heterocycles. The third-order valence-electron chi connectivity index (χ3n) is 7.85. The van der Waals surface area contributed by atoms with Crippen LogP contribution < -0.4 is 20.1 Å². The van der Waals surface area contributed by atoms with Gasteiger partial charge in [-0.1, -0.05) is 6.08 Å². The Labute approximate surface area is 228 Å². The molecule has 2 saturated heterocycles. The fourth-order valence-electron chi connectivity index (χ4n) is 5.93. The molecule has 1 aromatic heterocycles. The summed E-state index contributed by atoms with van der Waals surface area (Å²) in [7, 11) is 0. The van der Waals surface area contributed by atoms with Crippen LogP contribution in [0.4, 0.5) is 17.2 Å². The highest BCUT2D eigenvalue weighted by atomic mass is 16.6. The number of hydrogen-bond acceptors (Lipinski definition) is 9. The lowest BCUT2D eigenvalue weighted by molar-refractivity contribution is 0.00152. The summed E-state index contributed by atoms with van der Waals surface area (Å²) in [5, 5.41) is 16.3. The molecule has 0 bridgehead atoms. The van der Waals surface area contributed by atoms with Crippen molar-refractivity contribution in [3.63, 3.8) is 0 Å². The second-order valence-corrected chi connectivity index (χ2v) is 10.2. The molecule has 1 aromatic carbocycles. The van der Waals surface area contributed by atoms with E-state index in [0.717, 1.165) is 75.7 Å². The minimum Gasteiger partial charge on any atom is -0.485 e. The molecule has 0 unspecified atom stereocenters. The van der Waals surface area contributed by atoms with Gasteiger partial charge in [0.15, 0.2) is 11.5 Å². The highest BCUT2D eigenvalue weighted by Gasteiger charge is 2.32. The van der Waals surface area contributed by atoms with Crippen LogP contribution in [0.2, 0.25) is 0 Å². The summed E-state index contributed by atoms with van der Waals surface area (Å²) < 4.78 is 17.5. The summed E-state index contributed by atoms with van der Waals surface area (Å²) in [6.45, 7) is 8.50. The second kappa shape index (κ2) is 11.1. The highest BCUT2D eigenvalue weighted by molar-refractivity contribution is 5.99. The number of piperidine rings is 1. The number of aromatic nitrogens is 1. The van der Waals surface area contributed by atoms with Gasteiger partial charge in [-0.2, -0.15) is 5.26 Å². The summed E-state index contributed by atoms with van der Waals surface area (Å²) >= 11 is 0. The van der Waals surface area contributed by atoms with E-state index < -0.39 is 0 Å². The number of ether oxygens (including phenoxy) is 3. The molecular weight excluding hydrogens is 496 g/mol. The fraction of sp³-hybridized carbons (Fsp3) is 0.483. The number of likely N-dealkylation sites (tertiary alicyclic amines) is 1. The standard InChI is InChI=1S/C29H34N6O4/c1-2-31-24-17-25(32-22-5-3-19(18-30)26(22)24)33-23-6-4-21(27-28(23)39-16-15-38-27)29(36)35-9-7-20(8-10-35)34-11-13-37-14-12-34/h3-4,6,17,20H,2,5,7-16H2,1H3,(H2,31,32,33). The molecule has 2 fully saturated rings. The third-order valence-corrected chi connectivity index (χ3v) is 7.85. The lowest BCUT2D eigenvalue weighted by Gasteiger charge is -2.40. The zero-order valence-corrected chi connectivity index (χ0v) is 22.3. The molecule has 39 heavy (non-hydrogen) atoms. The maximum Gasteiger partial charge on any atom is 0.257 e. The first-order valence-electron chi connectivity index (χ1n) is 13.9. The van der Waals surface area contributed by atoms with Crippen LogP contribution in [-0.2, 0) is 11.2 Å². The molecule has 3 aliphatic heterocycles. The molecule has 1 amide bonds. The van der Waals surface area contributed by atoms with E-state index in [1.807, 2.05) is 36.1 Å². The number of allylic oxidation sites excluding steroid dienone is 2. The molecule has 4 aliphatic rings. The van der Waals surface area contributed by atoms with E-state index >= 15 is 0 Å². The third kappa shape index (κ3) is 5.00. The summed E-state index contributed by atoms with van der Waals surface area (Å²) in [5.41, 5.74) is 4.45. The number of fused-ring (bicyclic) bond motifs is 2. The van der Waals surface area contributed by atoms with Crippen LogP contribution in [0.3, 0.4) is 0 Å². The number of rotatable bonds is 6. The van der Waals surface area contributed by atoms with Gasteiger partial charge in [0.2, 0.25) is 0 Å². The number of anilines is 3. The van der Waals surface area contributed by atoms with E-state index in [4.69, 9.17) is 19.2 Å². The number of nitrogens with one attached hydrogen (secondary N) is 2. The SMILES string of the molecule is CCNc1cc(Nc2ccc(C(=O)N3CCC(N4CCOCC4)CC3)c3c2OCCO3)nc2c1C(C#N)=CC2. The van der Waals surface area contributed by atoms with Crippen molar-refractivity contribution in [2.75, 3.05) is 69.8 Å². The van der Waals surface area contributed by atoms with Crippen LogP contribution >= 0.6 is 0 Å². The Bertz CT molecular complexity index is 1320. The first kappa shape index (κ1) is 25.5. The molecule has 1 aliphatic carbocycles. The van der Waals surface area contributed by atoms with Crippen LogP contribution in [0, 0.1) is 11.3 Å². The molecule has 6 rings (SSSR count). The van der Waals surface area contributed by atoms with Crippen molar-refractivity contribution in [2.45, 2.75) is 32.2 Å². The van der Waals surface area contributed by atoms with Crippen molar-refractivity contribution in [3.05, 3.63) is 41.1 Å². The van der Waals surface area contributed by atoms with Crippen molar-refractivity contribution in [1.82, 2.24) is 14.8 Å². The van der Waals surface area contributed by atoms with Crippen LogP contribution in [0.1, 0.15) is 41.4 Å². The summed E-state index contributed by atoms with van der Waals surface area (Å²) in [5.74, 6) is 1.62. The normalized spacial score (nSPS) is 19.2. The van der Waals surface area contributed by atoms with E-state index in [9.17, 15) is 10.1 Å². The Balaban J connectivity index is 1.22. The van der Waals surface area contributed by atoms with Crippen molar-refractivity contribution >= 4 is 28.7 Å². The van der Waals surface area contributed by atoms with E-state index in [1.165, 1.54) is 0 Å². The number of carbonyl (C=O) groups is 1. The van der Waals surface area contributed by atoms with Gasteiger partial charge in [0.05, 0.1) is 41.8 Å². The molecular formula is C29H34N6O4. The quantitative estimate of drug-likeness (QED) is 0.580. The van der Waals surface area contributed by atoms with Gasteiger partial charge in [0, 0.05) is 62.5 Å². The lowest BCUT2D eigenvalue weighted by atomic mass is 10.0. The maximum atomic E-state index is 13.6. The predicted molar refractivity (Wildman–Crippen MR) is 148 cm³/mol. The molecule has 2 aromatic rings. The first-order chi connectivity index (χ1) is 19.2. The van der Waals surface area contributed by atoms with Gasteiger partial charge in [-0.3, -0.25) is 9.69 Å².